The quantitative estimate of drug-likeness (QED) is 0.915. The average molecular weight is 268 g/mol. The lowest BCUT2D eigenvalue weighted by Crippen LogP contribution is -2.48. The second-order valence-corrected chi connectivity index (χ2v) is 5.57. The van der Waals surface area contributed by atoms with Gasteiger partial charge in [-0.1, -0.05) is 11.6 Å². The van der Waals surface area contributed by atoms with Crippen LogP contribution in [0.25, 0.3) is 0 Å². The maximum absolute atomic E-state index is 11.1. The summed E-state index contributed by atoms with van der Waals surface area (Å²) in [5.41, 5.74) is 1.51. The van der Waals surface area contributed by atoms with Gasteiger partial charge < -0.3 is 14.7 Å². The van der Waals surface area contributed by atoms with Crippen molar-refractivity contribution >= 4 is 23.3 Å². The maximum Gasteiger partial charge on any atom is 0.339 e. The molecule has 2 fully saturated rings. The van der Waals surface area contributed by atoms with Gasteiger partial charge in [-0.3, -0.25) is 0 Å². The van der Waals surface area contributed by atoms with E-state index in [1.54, 1.807) is 6.07 Å². The summed E-state index contributed by atoms with van der Waals surface area (Å²) in [6.45, 7) is 2.03. The van der Waals surface area contributed by atoms with Crippen molar-refractivity contribution in [3.63, 3.8) is 0 Å². The van der Waals surface area contributed by atoms with Gasteiger partial charge in [-0.05, 0) is 18.9 Å². The molecule has 1 heterocycles. The van der Waals surface area contributed by atoms with Crippen molar-refractivity contribution < 1.29 is 14.6 Å². The van der Waals surface area contributed by atoms with Gasteiger partial charge in [0.25, 0.3) is 0 Å². The molecule has 0 atom stereocenters. The highest BCUT2D eigenvalue weighted by molar-refractivity contribution is 6.33. The first-order chi connectivity index (χ1) is 8.54. The highest BCUT2D eigenvalue weighted by atomic mass is 35.5. The molecule has 1 aliphatic carbocycles. The minimum atomic E-state index is -1.03. The molecule has 1 saturated carbocycles. The molecular formula is C13H14ClNO3. The number of nitrogens with zero attached hydrogens (tertiary/aromatic N) is 1. The number of rotatable bonds is 3. The molecule has 1 aliphatic heterocycles. The topological polar surface area (TPSA) is 49.8 Å². The van der Waals surface area contributed by atoms with Crippen LogP contribution in [0.2, 0.25) is 5.02 Å². The second kappa shape index (κ2) is 3.79. The molecule has 4 nitrogen and oxygen atoms in total. The minimum absolute atomic E-state index is 0.105. The van der Waals surface area contributed by atoms with E-state index in [2.05, 4.69) is 4.90 Å². The van der Waals surface area contributed by atoms with Crippen LogP contribution in [0.5, 0.6) is 5.75 Å². The van der Waals surface area contributed by atoms with Crippen LogP contribution in [-0.2, 0) is 0 Å². The van der Waals surface area contributed by atoms with Crippen molar-refractivity contribution in [3.8, 4) is 5.75 Å². The molecule has 96 valence electrons. The second-order valence-electron chi connectivity index (χ2n) is 5.17. The number of carboxylic acids is 1. The van der Waals surface area contributed by atoms with Gasteiger partial charge in [-0.2, -0.15) is 0 Å². The Morgan fingerprint density at radius 3 is 2.61 bits per heavy atom. The number of methoxy groups -OCH3 is 1. The van der Waals surface area contributed by atoms with Gasteiger partial charge in [0.05, 0.1) is 17.8 Å². The van der Waals surface area contributed by atoms with Crippen molar-refractivity contribution in [2.45, 2.75) is 12.8 Å². The highest BCUT2D eigenvalue weighted by Crippen LogP contribution is 2.55. The Morgan fingerprint density at radius 1 is 1.44 bits per heavy atom. The summed E-state index contributed by atoms with van der Waals surface area (Å²) in [4.78, 5) is 13.2. The minimum Gasteiger partial charge on any atom is -0.496 e. The molecule has 3 rings (SSSR count). The molecule has 0 aromatic heterocycles. The van der Waals surface area contributed by atoms with E-state index < -0.39 is 5.97 Å². The highest BCUT2D eigenvalue weighted by Gasteiger charge is 2.52. The van der Waals surface area contributed by atoms with Gasteiger partial charge >= 0.3 is 5.97 Å². The van der Waals surface area contributed by atoms with Crippen molar-refractivity contribution in [1.29, 1.82) is 0 Å². The largest absolute Gasteiger partial charge is 0.496 e. The van der Waals surface area contributed by atoms with E-state index in [1.165, 1.54) is 26.0 Å². The van der Waals surface area contributed by atoms with E-state index >= 15 is 0 Å². The monoisotopic (exact) mass is 267 g/mol. The van der Waals surface area contributed by atoms with Crippen LogP contribution in [0, 0.1) is 5.41 Å². The summed E-state index contributed by atoms with van der Waals surface area (Å²) < 4.78 is 5.12. The third-order valence-corrected chi connectivity index (χ3v) is 4.15. The van der Waals surface area contributed by atoms with Crippen molar-refractivity contribution in [2.24, 2.45) is 5.41 Å². The first kappa shape index (κ1) is 11.7. The van der Waals surface area contributed by atoms with Crippen LogP contribution in [-0.4, -0.2) is 31.3 Å². The first-order valence-electron chi connectivity index (χ1n) is 5.90. The number of carboxylic acid groups (broad SMARTS) is 1. The zero-order valence-corrected chi connectivity index (χ0v) is 10.8. The summed E-state index contributed by atoms with van der Waals surface area (Å²) in [5, 5.41) is 9.54. The number of carbonyl (C=O) groups is 1. The lowest BCUT2D eigenvalue weighted by atomic mass is 9.95. The van der Waals surface area contributed by atoms with Crippen molar-refractivity contribution in [2.75, 3.05) is 25.1 Å². The summed E-state index contributed by atoms with van der Waals surface area (Å²) >= 11 is 6.16. The lowest BCUT2D eigenvalue weighted by molar-refractivity contribution is 0.0693. The van der Waals surface area contributed by atoms with Crippen LogP contribution >= 0.6 is 11.6 Å². The molecule has 0 radical (unpaired) electrons. The number of ether oxygens (including phenoxy) is 1. The fraction of sp³-hybridized carbons (Fsp3) is 0.462. The normalized spacial score (nSPS) is 19.6. The molecule has 2 aliphatic rings. The number of hydrogen-bond donors (Lipinski definition) is 1. The van der Waals surface area contributed by atoms with Gasteiger partial charge in [0.2, 0.25) is 0 Å². The fourth-order valence-electron chi connectivity index (χ4n) is 2.55. The molecule has 1 saturated heterocycles. The van der Waals surface area contributed by atoms with E-state index in [0.29, 0.717) is 16.2 Å². The zero-order valence-electron chi connectivity index (χ0n) is 10.1. The summed E-state index contributed by atoms with van der Waals surface area (Å²) in [6.07, 6.45) is 2.59. The number of benzene rings is 1. The SMILES string of the molecule is COc1cc(N2CC3(CC3)C2)c(Cl)cc1C(=O)O. The van der Waals surface area contributed by atoms with Gasteiger partial charge in [-0.25, -0.2) is 4.79 Å². The van der Waals surface area contributed by atoms with Crippen molar-refractivity contribution in [3.05, 3.63) is 22.7 Å². The van der Waals surface area contributed by atoms with E-state index in [1.807, 2.05) is 0 Å². The molecule has 0 amide bonds. The number of anilines is 1. The molecule has 1 N–H and O–H groups in total. The standard InChI is InChI=1S/C13H14ClNO3/c1-18-11-5-10(9(14)4-8(11)12(16)17)15-6-13(7-15)2-3-13/h4-5H,2-3,6-7H2,1H3,(H,16,17). The Hall–Kier alpha value is -1.42. The molecule has 0 unspecified atom stereocenters. The van der Waals surface area contributed by atoms with E-state index in [4.69, 9.17) is 21.4 Å². The Bertz CT molecular complexity index is 517. The van der Waals surface area contributed by atoms with Gasteiger partial charge in [0, 0.05) is 24.6 Å². The van der Waals surface area contributed by atoms with Crippen LogP contribution in [0.4, 0.5) is 5.69 Å². The molecule has 1 aromatic carbocycles. The van der Waals surface area contributed by atoms with Gasteiger partial charge in [-0.15, -0.1) is 0 Å². The van der Waals surface area contributed by atoms with E-state index in [0.717, 1.165) is 18.8 Å². The smallest absolute Gasteiger partial charge is 0.339 e. The van der Waals surface area contributed by atoms with Gasteiger partial charge in [0.15, 0.2) is 0 Å². The molecule has 1 aromatic rings. The molecule has 1 spiro atoms. The Balaban J connectivity index is 1.92. The Labute approximate surface area is 110 Å². The summed E-state index contributed by atoms with van der Waals surface area (Å²) in [7, 11) is 1.47. The van der Waals surface area contributed by atoms with Crippen LogP contribution < -0.4 is 9.64 Å². The van der Waals surface area contributed by atoms with E-state index in [9.17, 15) is 4.79 Å². The van der Waals surface area contributed by atoms with Crippen LogP contribution in [0.1, 0.15) is 23.2 Å². The third kappa shape index (κ3) is 1.72. The number of hydrogen-bond acceptors (Lipinski definition) is 3. The zero-order chi connectivity index (χ0) is 12.9. The summed E-state index contributed by atoms with van der Waals surface area (Å²) in [5.74, 6) is -0.666. The molecule has 0 bridgehead atoms. The Kier molecular flexibility index (Phi) is 2.45. The predicted molar refractivity (Wildman–Crippen MR) is 68.8 cm³/mol. The molecule has 5 heteroatoms. The van der Waals surface area contributed by atoms with E-state index in [-0.39, 0.29) is 5.56 Å². The van der Waals surface area contributed by atoms with Gasteiger partial charge in [0.1, 0.15) is 11.3 Å². The van der Waals surface area contributed by atoms with Crippen LogP contribution in [0.15, 0.2) is 12.1 Å². The first-order valence-corrected chi connectivity index (χ1v) is 6.28. The summed E-state index contributed by atoms with van der Waals surface area (Å²) in [6, 6.07) is 3.19. The fourth-order valence-corrected chi connectivity index (χ4v) is 2.83. The lowest BCUT2D eigenvalue weighted by Gasteiger charge is -2.42. The number of halogens is 1. The van der Waals surface area contributed by atoms with Crippen molar-refractivity contribution in [1.82, 2.24) is 0 Å². The molecule has 18 heavy (non-hydrogen) atoms. The Morgan fingerprint density at radius 2 is 2.11 bits per heavy atom. The average Bonchev–Trinajstić information content (AvgIpc) is 3.07. The third-order valence-electron chi connectivity index (χ3n) is 3.85. The number of aromatic carboxylic acids is 1. The maximum atomic E-state index is 11.1. The molecular weight excluding hydrogens is 254 g/mol. The predicted octanol–water partition coefficient (Wildman–Crippen LogP) is 2.65. The van der Waals surface area contributed by atoms with Crippen LogP contribution in [0.3, 0.4) is 0 Å².